The van der Waals surface area contributed by atoms with Crippen molar-refractivity contribution < 1.29 is 19.8 Å². The quantitative estimate of drug-likeness (QED) is 0.262. The van der Waals surface area contributed by atoms with E-state index in [0.29, 0.717) is 6.42 Å². The second kappa shape index (κ2) is 17.8. The predicted molar refractivity (Wildman–Crippen MR) is 103 cm³/mol. The number of hydrogen-bond donors (Lipinski definition) is 2. The van der Waals surface area contributed by atoms with Crippen molar-refractivity contribution in [3.05, 3.63) is 0 Å². The van der Waals surface area contributed by atoms with Crippen molar-refractivity contribution >= 4 is 11.9 Å². The summed E-state index contributed by atoms with van der Waals surface area (Å²) in [4.78, 5) is 21.6. The molecule has 0 aliphatic heterocycles. The van der Waals surface area contributed by atoms with Gasteiger partial charge in [-0.1, -0.05) is 96.8 Å². The Morgan fingerprint density at radius 2 is 1.04 bits per heavy atom. The Kier molecular flexibility index (Phi) is 17.0. The third-order valence-corrected chi connectivity index (χ3v) is 4.96. The van der Waals surface area contributed by atoms with Crippen LogP contribution in [0.25, 0.3) is 0 Å². The molecule has 0 saturated carbocycles. The number of unbranched alkanes of at least 4 members (excludes halogenated alkanes) is 13. The molecule has 4 nitrogen and oxygen atoms in total. The molecule has 0 aliphatic rings. The number of carboxylic acid groups (broad SMARTS) is 2. The molecule has 0 fully saturated rings. The van der Waals surface area contributed by atoms with Crippen molar-refractivity contribution in [3.63, 3.8) is 0 Å². The molecule has 1 unspecified atom stereocenters. The lowest BCUT2D eigenvalue weighted by atomic mass is 9.95. The molecule has 0 rings (SSSR count). The van der Waals surface area contributed by atoms with E-state index in [4.69, 9.17) is 10.2 Å². The van der Waals surface area contributed by atoms with E-state index in [0.717, 1.165) is 12.8 Å². The Hall–Kier alpha value is -1.06. The van der Waals surface area contributed by atoms with Crippen LogP contribution >= 0.6 is 0 Å². The second-order valence-electron chi connectivity index (χ2n) is 7.35. The molecule has 0 aromatic heterocycles. The monoisotopic (exact) mass is 356 g/mol. The first kappa shape index (κ1) is 23.9. The standard InChI is InChI=1S/C21H40O4/c1-2-3-4-5-6-7-8-9-10-11-12-13-14-15-16-19(21(24)25)17-18-20(22)23/h19H,2-18H2,1H3,(H,22,23)(H,24,25). The van der Waals surface area contributed by atoms with E-state index >= 15 is 0 Å². The molecule has 0 aromatic rings. The van der Waals surface area contributed by atoms with Crippen molar-refractivity contribution in [1.82, 2.24) is 0 Å². The summed E-state index contributed by atoms with van der Waals surface area (Å²) in [7, 11) is 0. The summed E-state index contributed by atoms with van der Waals surface area (Å²) in [5.41, 5.74) is 0. The normalized spacial score (nSPS) is 12.2. The third-order valence-electron chi connectivity index (χ3n) is 4.96. The van der Waals surface area contributed by atoms with Gasteiger partial charge in [-0.15, -0.1) is 0 Å². The fourth-order valence-corrected chi connectivity index (χ4v) is 3.27. The summed E-state index contributed by atoms with van der Waals surface area (Å²) in [6, 6.07) is 0. The zero-order valence-corrected chi connectivity index (χ0v) is 16.3. The average molecular weight is 357 g/mol. The number of carbonyl (C=O) groups is 2. The van der Waals surface area contributed by atoms with Gasteiger partial charge in [0.15, 0.2) is 0 Å². The minimum atomic E-state index is -0.910. The van der Waals surface area contributed by atoms with Crippen LogP contribution in [-0.4, -0.2) is 22.2 Å². The Morgan fingerprint density at radius 3 is 1.40 bits per heavy atom. The van der Waals surface area contributed by atoms with Crippen LogP contribution in [0, 0.1) is 5.92 Å². The van der Waals surface area contributed by atoms with Crippen LogP contribution in [0.2, 0.25) is 0 Å². The number of aliphatic carboxylic acids is 2. The fraction of sp³-hybridized carbons (Fsp3) is 0.905. The van der Waals surface area contributed by atoms with E-state index < -0.39 is 17.9 Å². The summed E-state index contributed by atoms with van der Waals surface area (Å²) in [5.74, 6) is -2.25. The van der Waals surface area contributed by atoms with Crippen LogP contribution in [0.15, 0.2) is 0 Å². The van der Waals surface area contributed by atoms with Gasteiger partial charge in [0, 0.05) is 6.42 Å². The van der Waals surface area contributed by atoms with Gasteiger partial charge in [-0.3, -0.25) is 9.59 Å². The van der Waals surface area contributed by atoms with Gasteiger partial charge in [0.2, 0.25) is 0 Å². The molecule has 0 amide bonds. The van der Waals surface area contributed by atoms with Crippen molar-refractivity contribution in [1.29, 1.82) is 0 Å². The van der Waals surface area contributed by atoms with Crippen LogP contribution in [0.3, 0.4) is 0 Å². The van der Waals surface area contributed by atoms with Crippen LogP contribution < -0.4 is 0 Å². The van der Waals surface area contributed by atoms with Crippen molar-refractivity contribution in [2.45, 2.75) is 116 Å². The zero-order chi connectivity index (χ0) is 18.8. The van der Waals surface area contributed by atoms with E-state index in [-0.39, 0.29) is 12.8 Å². The molecule has 0 bridgehead atoms. The van der Waals surface area contributed by atoms with Gasteiger partial charge in [0.05, 0.1) is 5.92 Å². The molecule has 0 radical (unpaired) electrons. The van der Waals surface area contributed by atoms with E-state index in [1.54, 1.807) is 0 Å². The largest absolute Gasteiger partial charge is 0.481 e. The molecule has 0 aromatic carbocycles. The zero-order valence-electron chi connectivity index (χ0n) is 16.3. The Balaban J connectivity index is 3.34. The molecular weight excluding hydrogens is 316 g/mol. The van der Waals surface area contributed by atoms with Crippen molar-refractivity contribution in [3.8, 4) is 0 Å². The molecule has 0 heterocycles. The summed E-state index contributed by atoms with van der Waals surface area (Å²) >= 11 is 0. The minimum Gasteiger partial charge on any atom is -0.481 e. The van der Waals surface area contributed by atoms with Crippen LogP contribution in [0.5, 0.6) is 0 Å². The first-order valence-corrected chi connectivity index (χ1v) is 10.5. The molecule has 2 N–H and O–H groups in total. The highest BCUT2D eigenvalue weighted by molar-refractivity contribution is 5.72. The van der Waals surface area contributed by atoms with Crippen molar-refractivity contribution in [2.24, 2.45) is 5.92 Å². The predicted octanol–water partition coefficient (Wildman–Crippen LogP) is 6.42. The van der Waals surface area contributed by atoms with Crippen LogP contribution in [0.1, 0.15) is 116 Å². The van der Waals surface area contributed by atoms with E-state index in [1.165, 1.54) is 77.0 Å². The van der Waals surface area contributed by atoms with Gasteiger partial charge < -0.3 is 10.2 Å². The highest BCUT2D eigenvalue weighted by Crippen LogP contribution is 2.18. The third kappa shape index (κ3) is 17.6. The molecular formula is C21H40O4. The lowest BCUT2D eigenvalue weighted by molar-refractivity contribution is -0.143. The van der Waals surface area contributed by atoms with E-state index in [1.807, 2.05) is 0 Å². The van der Waals surface area contributed by atoms with Gasteiger partial charge in [-0.25, -0.2) is 0 Å². The molecule has 1 atom stereocenters. The minimum absolute atomic E-state index is 0.0461. The summed E-state index contributed by atoms with van der Waals surface area (Å²) < 4.78 is 0. The number of hydrogen-bond acceptors (Lipinski definition) is 2. The SMILES string of the molecule is CCCCCCCCCCCCCCCCC(CCC(=O)O)C(=O)O. The molecule has 0 spiro atoms. The number of rotatable bonds is 19. The Morgan fingerprint density at radius 1 is 0.640 bits per heavy atom. The molecule has 0 saturated heterocycles. The van der Waals surface area contributed by atoms with E-state index in [2.05, 4.69) is 6.92 Å². The topological polar surface area (TPSA) is 74.6 Å². The maximum Gasteiger partial charge on any atom is 0.306 e. The molecule has 148 valence electrons. The Labute approximate surface area is 154 Å². The maximum atomic E-state index is 11.1. The average Bonchev–Trinajstić information content (AvgIpc) is 2.57. The highest BCUT2D eigenvalue weighted by atomic mass is 16.4. The fourth-order valence-electron chi connectivity index (χ4n) is 3.27. The smallest absolute Gasteiger partial charge is 0.306 e. The molecule has 4 heteroatoms. The number of carboxylic acids is 2. The highest BCUT2D eigenvalue weighted by Gasteiger charge is 2.17. The van der Waals surface area contributed by atoms with Crippen LogP contribution in [-0.2, 0) is 9.59 Å². The molecule has 0 aliphatic carbocycles. The van der Waals surface area contributed by atoms with Gasteiger partial charge >= 0.3 is 11.9 Å². The van der Waals surface area contributed by atoms with E-state index in [9.17, 15) is 9.59 Å². The first-order valence-electron chi connectivity index (χ1n) is 10.5. The van der Waals surface area contributed by atoms with Crippen LogP contribution in [0.4, 0.5) is 0 Å². The first-order chi connectivity index (χ1) is 12.1. The molecule has 25 heavy (non-hydrogen) atoms. The lowest BCUT2D eigenvalue weighted by Crippen LogP contribution is -2.15. The Bertz CT molecular complexity index is 328. The summed E-state index contributed by atoms with van der Waals surface area (Å²) in [5, 5.41) is 17.7. The van der Waals surface area contributed by atoms with Crippen molar-refractivity contribution in [2.75, 3.05) is 0 Å². The summed E-state index contributed by atoms with van der Waals surface area (Å²) in [6.07, 6.45) is 18.8. The maximum absolute atomic E-state index is 11.1. The second-order valence-corrected chi connectivity index (χ2v) is 7.35. The van der Waals surface area contributed by atoms with Gasteiger partial charge in [0.1, 0.15) is 0 Å². The lowest BCUT2D eigenvalue weighted by Gasteiger charge is -2.10. The summed E-state index contributed by atoms with van der Waals surface area (Å²) in [6.45, 7) is 2.25. The van der Waals surface area contributed by atoms with Gasteiger partial charge in [-0.05, 0) is 12.8 Å². The van der Waals surface area contributed by atoms with Gasteiger partial charge in [-0.2, -0.15) is 0 Å². The van der Waals surface area contributed by atoms with Gasteiger partial charge in [0.25, 0.3) is 0 Å².